The van der Waals surface area contributed by atoms with Crippen LogP contribution in [0.15, 0.2) is 83.8 Å². The lowest BCUT2D eigenvalue weighted by Crippen LogP contribution is -2.31. The van der Waals surface area contributed by atoms with Crippen molar-refractivity contribution in [3.8, 4) is 5.75 Å². The molecule has 0 saturated carbocycles. The van der Waals surface area contributed by atoms with E-state index in [9.17, 15) is 13.2 Å². The highest BCUT2D eigenvalue weighted by Crippen LogP contribution is 2.18. The Morgan fingerprint density at radius 2 is 1.53 bits per heavy atom. The number of hydrogen-bond acceptors (Lipinski definition) is 5. The third-order valence-corrected chi connectivity index (χ3v) is 5.26. The van der Waals surface area contributed by atoms with Crippen molar-refractivity contribution in [2.75, 3.05) is 10.6 Å². The maximum absolute atomic E-state index is 12.4. The minimum Gasteiger partial charge on any atom is -0.489 e. The van der Waals surface area contributed by atoms with Crippen molar-refractivity contribution < 1.29 is 17.9 Å². The SMILES string of the molecule is C[C@@H](Nc1ccc(OCc2ccccc2)cc1)C(=O)Nc1ccc(S(N)(=O)=O)cc1. The standard InChI is InChI=1S/C22H23N3O4S/c1-16(22(26)25-19-9-13-21(14-10-19)30(23,27)28)24-18-7-11-20(12-8-18)29-15-17-5-3-2-4-6-17/h2-14,16,24H,15H2,1H3,(H,25,26)(H2,23,27,28)/t16-/m1/s1. The first-order chi connectivity index (χ1) is 14.3. The number of anilines is 2. The molecule has 0 aliphatic rings. The number of amides is 1. The Bertz CT molecular complexity index is 1080. The van der Waals surface area contributed by atoms with Crippen LogP contribution in [0.25, 0.3) is 0 Å². The van der Waals surface area contributed by atoms with Gasteiger partial charge in [-0.15, -0.1) is 0 Å². The van der Waals surface area contributed by atoms with Crippen LogP contribution in [0.5, 0.6) is 5.75 Å². The van der Waals surface area contributed by atoms with Gasteiger partial charge in [0.05, 0.1) is 4.90 Å². The molecule has 0 spiro atoms. The molecule has 3 aromatic rings. The van der Waals surface area contributed by atoms with Gasteiger partial charge < -0.3 is 15.4 Å². The molecule has 0 aromatic heterocycles. The summed E-state index contributed by atoms with van der Waals surface area (Å²) in [6.45, 7) is 2.21. The van der Waals surface area contributed by atoms with Crippen molar-refractivity contribution in [2.45, 2.75) is 24.5 Å². The second kappa shape index (κ2) is 9.43. The smallest absolute Gasteiger partial charge is 0.246 e. The van der Waals surface area contributed by atoms with Crippen LogP contribution in [0, 0.1) is 0 Å². The van der Waals surface area contributed by atoms with Gasteiger partial charge in [0.25, 0.3) is 0 Å². The highest BCUT2D eigenvalue weighted by molar-refractivity contribution is 7.89. The number of nitrogens with two attached hydrogens (primary N) is 1. The van der Waals surface area contributed by atoms with Gasteiger partial charge in [0.2, 0.25) is 15.9 Å². The van der Waals surface area contributed by atoms with Crippen LogP contribution in [-0.2, 0) is 21.4 Å². The molecule has 1 atom stereocenters. The molecule has 3 aromatic carbocycles. The lowest BCUT2D eigenvalue weighted by Gasteiger charge is -2.16. The van der Waals surface area contributed by atoms with Crippen LogP contribution >= 0.6 is 0 Å². The Morgan fingerprint density at radius 1 is 0.933 bits per heavy atom. The maximum atomic E-state index is 12.4. The van der Waals surface area contributed by atoms with Crippen LogP contribution in [0.4, 0.5) is 11.4 Å². The molecule has 0 aliphatic carbocycles. The molecular weight excluding hydrogens is 402 g/mol. The van der Waals surface area contributed by atoms with Crippen molar-refractivity contribution in [1.29, 1.82) is 0 Å². The zero-order valence-electron chi connectivity index (χ0n) is 16.4. The molecule has 8 heteroatoms. The van der Waals surface area contributed by atoms with E-state index in [-0.39, 0.29) is 10.8 Å². The van der Waals surface area contributed by atoms with Gasteiger partial charge in [-0.25, -0.2) is 13.6 Å². The number of ether oxygens (including phenoxy) is 1. The summed E-state index contributed by atoms with van der Waals surface area (Å²) in [6.07, 6.45) is 0. The van der Waals surface area contributed by atoms with Crippen LogP contribution in [0.3, 0.4) is 0 Å². The topological polar surface area (TPSA) is 111 Å². The Balaban J connectivity index is 1.52. The lowest BCUT2D eigenvalue weighted by atomic mass is 10.2. The monoisotopic (exact) mass is 425 g/mol. The lowest BCUT2D eigenvalue weighted by molar-refractivity contribution is -0.116. The zero-order chi connectivity index (χ0) is 21.6. The zero-order valence-corrected chi connectivity index (χ0v) is 17.2. The number of carbonyl (C=O) groups excluding carboxylic acids is 1. The molecule has 0 unspecified atom stereocenters. The predicted molar refractivity (Wildman–Crippen MR) is 117 cm³/mol. The summed E-state index contributed by atoms with van der Waals surface area (Å²) >= 11 is 0. The Morgan fingerprint density at radius 3 is 2.13 bits per heavy atom. The number of rotatable bonds is 8. The summed E-state index contributed by atoms with van der Waals surface area (Å²) in [5.74, 6) is 0.471. The molecule has 3 rings (SSSR count). The van der Waals surface area contributed by atoms with Gasteiger partial charge >= 0.3 is 0 Å². The van der Waals surface area contributed by atoms with Crippen molar-refractivity contribution in [3.05, 3.63) is 84.4 Å². The van der Waals surface area contributed by atoms with Crippen LogP contribution < -0.4 is 20.5 Å². The van der Waals surface area contributed by atoms with Crippen LogP contribution in [0.2, 0.25) is 0 Å². The molecular formula is C22H23N3O4S. The summed E-state index contributed by atoms with van der Waals surface area (Å²) in [5, 5.41) is 10.9. The minimum atomic E-state index is -3.76. The first-order valence-corrected chi connectivity index (χ1v) is 10.8. The van der Waals surface area contributed by atoms with Crippen molar-refractivity contribution in [1.82, 2.24) is 0 Å². The minimum absolute atomic E-state index is 0.0127. The summed E-state index contributed by atoms with van der Waals surface area (Å²) in [4.78, 5) is 12.4. The number of carbonyl (C=O) groups is 1. The molecule has 30 heavy (non-hydrogen) atoms. The van der Waals surface area contributed by atoms with Crippen molar-refractivity contribution in [3.63, 3.8) is 0 Å². The first kappa shape index (κ1) is 21.4. The average molecular weight is 426 g/mol. The molecule has 0 heterocycles. The van der Waals surface area contributed by atoms with E-state index in [1.165, 1.54) is 24.3 Å². The molecule has 0 radical (unpaired) electrons. The number of nitrogens with one attached hydrogen (secondary N) is 2. The molecule has 1 amide bonds. The highest BCUT2D eigenvalue weighted by atomic mass is 32.2. The summed E-state index contributed by atoms with van der Waals surface area (Å²) in [7, 11) is -3.76. The van der Waals surface area contributed by atoms with Crippen LogP contribution in [-0.4, -0.2) is 20.4 Å². The summed E-state index contributed by atoms with van der Waals surface area (Å²) in [6, 6.07) is 22.4. The van der Waals surface area contributed by atoms with E-state index >= 15 is 0 Å². The Kier molecular flexibility index (Phi) is 6.71. The highest BCUT2D eigenvalue weighted by Gasteiger charge is 2.14. The van der Waals surface area contributed by atoms with E-state index in [0.29, 0.717) is 12.3 Å². The third kappa shape index (κ3) is 6.07. The summed E-state index contributed by atoms with van der Waals surface area (Å²) < 4.78 is 28.3. The van der Waals surface area contributed by atoms with Gasteiger partial charge in [-0.3, -0.25) is 4.79 Å². The van der Waals surface area contributed by atoms with Crippen LogP contribution in [0.1, 0.15) is 12.5 Å². The normalized spacial score (nSPS) is 12.1. The molecule has 0 saturated heterocycles. The Hall–Kier alpha value is -3.36. The molecule has 156 valence electrons. The number of primary sulfonamides is 1. The van der Waals surface area contributed by atoms with Gasteiger partial charge in [-0.1, -0.05) is 30.3 Å². The van der Waals surface area contributed by atoms with Crippen molar-refractivity contribution in [2.24, 2.45) is 5.14 Å². The van der Waals surface area contributed by atoms with E-state index in [4.69, 9.17) is 9.88 Å². The largest absolute Gasteiger partial charge is 0.489 e. The fourth-order valence-corrected chi connectivity index (χ4v) is 3.20. The molecule has 0 fully saturated rings. The molecule has 0 aliphatic heterocycles. The van der Waals surface area contributed by atoms with Gasteiger partial charge in [-0.05, 0) is 61.0 Å². The molecule has 7 nitrogen and oxygen atoms in total. The number of benzene rings is 3. The van der Waals surface area contributed by atoms with E-state index in [1.54, 1.807) is 6.92 Å². The first-order valence-electron chi connectivity index (χ1n) is 9.28. The van der Waals surface area contributed by atoms with E-state index in [1.807, 2.05) is 54.6 Å². The van der Waals surface area contributed by atoms with Gasteiger partial charge in [-0.2, -0.15) is 0 Å². The second-order valence-corrected chi connectivity index (χ2v) is 8.28. The van der Waals surface area contributed by atoms with Gasteiger partial charge in [0, 0.05) is 11.4 Å². The second-order valence-electron chi connectivity index (χ2n) is 6.72. The number of hydrogen-bond donors (Lipinski definition) is 3. The van der Waals surface area contributed by atoms with E-state index in [2.05, 4.69) is 10.6 Å². The maximum Gasteiger partial charge on any atom is 0.246 e. The number of sulfonamides is 1. The van der Waals surface area contributed by atoms with Gasteiger partial charge in [0.15, 0.2) is 0 Å². The fraction of sp³-hybridized carbons (Fsp3) is 0.136. The average Bonchev–Trinajstić information content (AvgIpc) is 2.73. The van der Waals surface area contributed by atoms with E-state index in [0.717, 1.165) is 17.0 Å². The predicted octanol–water partition coefficient (Wildman–Crippen LogP) is 3.35. The molecule has 0 bridgehead atoms. The quantitative estimate of drug-likeness (QED) is 0.513. The fourth-order valence-electron chi connectivity index (χ4n) is 2.68. The summed E-state index contributed by atoms with van der Waals surface area (Å²) in [5.41, 5.74) is 2.34. The van der Waals surface area contributed by atoms with E-state index < -0.39 is 16.1 Å². The third-order valence-electron chi connectivity index (χ3n) is 4.33. The Labute approximate surface area is 175 Å². The van der Waals surface area contributed by atoms with Gasteiger partial charge in [0.1, 0.15) is 18.4 Å². The van der Waals surface area contributed by atoms with Crippen molar-refractivity contribution >= 4 is 27.3 Å². The molecule has 4 N–H and O–H groups in total.